The summed E-state index contributed by atoms with van der Waals surface area (Å²) < 4.78 is 5.40. The van der Waals surface area contributed by atoms with E-state index in [1.54, 1.807) is 0 Å². The van der Waals surface area contributed by atoms with Crippen molar-refractivity contribution in [2.45, 2.75) is 53.5 Å². The van der Waals surface area contributed by atoms with Crippen molar-refractivity contribution in [3.05, 3.63) is 82.9 Å². The van der Waals surface area contributed by atoms with Crippen LogP contribution in [0.4, 0.5) is 5.69 Å². The number of ether oxygens (including phenoxy) is 1. The fourth-order valence-corrected chi connectivity index (χ4v) is 4.18. The van der Waals surface area contributed by atoms with Gasteiger partial charge in [-0.2, -0.15) is 0 Å². The quantitative estimate of drug-likeness (QED) is 0.325. The van der Waals surface area contributed by atoms with Crippen molar-refractivity contribution in [3.8, 4) is 16.9 Å². The van der Waals surface area contributed by atoms with Gasteiger partial charge in [0.05, 0.1) is 0 Å². The lowest BCUT2D eigenvalue weighted by Gasteiger charge is -2.28. The molecule has 0 amide bonds. The van der Waals surface area contributed by atoms with Crippen LogP contribution in [0, 0.1) is 20.8 Å². The van der Waals surface area contributed by atoms with Crippen LogP contribution in [-0.4, -0.2) is 24.2 Å². The zero-order valence-corrected chi connectivity index (χ0v) is 20.2. The Balaban J connectivity index is 1.89. The Bertz CT molecular complexity index is 1070. The van der Waals surface area contributed by atoms with E-state index in [0.29, 0.717) is 5.75 Å². The summed E-state index contributed by atoms with van der Waals surface area (Å²) in [4.78, 5) is 13.3. The molecule has 0 radical (unpaired) electrons. The first-order valence-electron chi connectivity index (χ1n) is 11.7. The molecule has 4 heteroatoms. The summed E-state index contributed by atoms with van der Waals surface area (Å²) in [5, 5.41) is 8.88. The maximum Gasteiger partial charge on any atom is 0.341 e. The number of rotatable bonds is 11. The minimum atomic E-state index is -0.968. The van der Waals surface area contributed by atoms with E-state index in [2.05, 4.69) is 74.2 Å². The summed E-state index contributed by atoms with van der Waals surface area (Å²) in [7, 11) is 0. The van der Waals surface area contributed by atoms with Crippen LogP contribution in [0.3, 0.4) is 0 Å². The maximum absolute atomic E-state index is 10.8. The molecule has 0 aromatic heterocycles. The molecule has 174 valence electrons. The lowest BCUT2D eigenvalue weighted by atomic mass is 9.97. The van der Waals surface area contributed by atoms with Crippen LogP contribution in [0.15, 0.2) is 60.7 Å². The fraction of sp³-hybridized carbons (Fsp3) is 0.345. The molecule has 3 aromatic carbocycles. The molecule has 3 rings (SSSR count). The number of aryl methyl sites for hydroxylation is 2. The van der Waals surface area contributed by atoms with Crippen LogP contribution in [0.2, 0.25) is 0 Å². The first-order valence-corrected chi connectivity index (χ1v) is 11.7. The largest absolute Gasteiger partial charge is 0.482 e. The van der Waals surface area contributed by atoms with Crippen molar-refractivity contribution in [1.82, 2.24) is 0 Å². The molecule has 33 heavy (non-hydrogen) atoms. The Kier molecular flexibility index (Phi) is 8.53. The minimum absolute atomic E-state index is 0.325. The minimum Gasteiger partial charge on any atom is -0.482 e. The van der Waals surface area contributed by atoms with Gasteiger partial charge < -0.3 is 14.7 Å². The number of carbonyl (C=O) groups is 1. The Morgan fingerprint density at radius 1 is 0.970 bits per heavy atom. The second-order valence-corrected chi connectivity index (χ2v) is 8.73. The second kappa shape index (κ2) is 11.6. The van der Waals surface area contributed by atoms with E-state index in [0.717, 1.165) is 25.1 Å². The monoisotopic (exact) mass is 445 g/mol. The van der Waals surface area contributed by atoms with Crippen LogP contribution in [-0.2, 0) is 11.3 Å². The predicted molar refractivity (Wildman–Crippen MR) is 136 cm³/mol. The van der Waals surface area contributed by atoms with Gasteiger partial charge in [0.15, 0.2) is 6.61 Å². The molecule has 0 heterocycles. The van der Waals surface area contributed by atoms with Crippen molar-refractivity contribution in [2.75, 3.05) is 18.1 Å². The van der Waals surface area contributed by atoms with E-state index < -0.39 is 5.97 Å². The Labute approximate surface area is 197 Å². The van der Waals surface area contributed by atoms with E-state index in [4.69, 9.17) is 9.84 Å². The van der Waals surface area contributed by atoms with Gasteiger partial charge in [0.1, 0.15) is 5.75 Å². The molecule has 0 aliphatic heterocycles. The number of hydrogen-bond acceptors (Lipinski definition) is 3. The highest BCUT2D eigenvalue weighted by atomic mass is 16.5. The smallest absolute Gasteiger partial charge is 0.341 e. The molecule has 0 aliphatic carbocycles. The Morgan fingerprint density at radius 3 is 2.39 bits per heavy atom. The molecule has 0 saturated carbocycles. The molecule has 0 unspecified atom stereocenters. The average molecular weight is 446 g/mol. The highest BCUT2D eigenvalue weighted by Crippen LogP contribution is 2.32. The number of anilines is 1. The number of carboxylic acids is 1. The molecule has 0 saturated heterocycles. The lowest BCUT2D eigenvalue weighted by Crippen LogP contribution is -2.25. The summed E-state index contributed by atoms with van der Waals surface area (Å²) in [6.45, 7) is 9.98. The first kappa shape index (κ1) is 24.4. The van der Waals surface area contributed by atoms with Gasteiger partial charge in [-0.1, -0.05) is 73.9 Å². The molecule has 0 fully saturated rings. The van der Waals surface area contributed by atoms with Gasteiger partial charge in [-0.25, -0.2) is 4.79 Å². The normalized spacial score (nSPS) is 10.8. The van der Waals surface area contributed by atoms with Crippen molar-refractivity contribution in [1.29, 1.82) is 0 Å². The molecular formula is C29H35NO3. The first-order chi connectivity index (χ1) is 15.9. The summed E-state index contributed by atoms with van der Waals surface area (Å²) >= 11 is 0. The molecule has 0 aliphatic rings. The third-order valence-electron chi connectivity index (χ3n) is 6.00. The Hall–Kier alpha value is -3.27. The van der Waals surface area contributed by atoms with Crippen LogP contribution in [0.25, 0.3) is 11.1 Å². The molecule has 3 aromatic rings. The number of nitrogens with zero attached hydrogens (tertiary/aromatic N) is 1. The van der Waals surface area contributed by atoms with E-state index in [-0.39, 0.29) is 6.61 Å². The van der Waals surface area contributed by atoms with Crippen LogP contribution >= 0.6 is 0 Å². The zero-order valence-electron chi connectivity index (χ0n) is 20.2. The number of aliphatic carboxylic acids is 1. The second-order valence-electron chi connectivity index (χ2n) is 8.73. The number of carboxylic acid groups (broad SMARTS) is 1. The highest BCUT2D eigenvalue weighted by Gasteiger charge is 2.14. The van der Waals surface area contributed by atoms with Gasteiger partial charge in [0, 0.05) is 18.8 Å². The van der Waals surface area contributed by atoms with Gasteiger partial charge >= 0.3 is 5.97 Å². The third-order valence-corrected chi connectivity index (χ3v) is 6.00. The van der Waals surface area contributed by atoms with Gasteiger partial charge in [0.2, 0.25) is 0 Å². The zero-order chi connectivity index (χ0) is 23.8. The highest BCUT2D eigenvalue weighted by molar-refractivity contribution is 5.74. The molecule has 0 spiro atoms. The van der Waals surface area contributed by atoms with Crippen LogP contribution < -0.4 is 9.64 Å². The van der Waals surface area contributed by atoms with Gasteiger partial charge in [0.25, 0.3) is 0 Å². The summed E-state index contributed by atoms with van der Waals surface area (Å²) in [6.07, 6.45) is 3.53. The van der Waals surface area contributed by atoms with Crippen LogP contribution in [0.1, 0.15) is 48.4 Å². The summed E-state index contributed by atoms with van der Waals surface area (Å²) in [6, 6.07) is 21.3. The average Bonchev–Trinajstić information content (AvgIpc) is 2.79. The molecular weight excluding hydrogens is 410 g/mol. The van der Waals surface area contributed by atoms with Gasteiger partial charge in [-0.15, -0.1) is 0 Å². The van der Waals surface area contributed by atoms with E-state index in [9.17, 15) is 4.79 Å². The van der Waals surface area contributed by atoms with E-state index >= 15 is 0 Å². The van der Waals surface area contributed by atoms with Gasteiger partial charge in [-0.05, 0) is 67.1 Å². The molecule has 0 atom stereocenters. The van der Waals surface area contributed by atoms with E-state index in [1.165, 1.54) is 46.3 Å². The van der Waals surface area contributed by atoms with Crippen molar-refractivity contribution in [3.63, 3.8) is 0 Å². The summed E-state index contributed by atoms with van der Waals surface area (Å²) in [5.74, 6) is -0.347. The molecule has 4 nitrogen and oxygen atoms in total. The van der Waals surface area contributed by atoms with Crippen LogP contribution in [0.5, 0.6) is 5.75 Å². The Morgan fingerprint density at radius 2 is 1.73 bits per heavy atom. The van der Waals surface area contributed by atoms with Crippen molar-refractivity contribution >= 4 is 11.7 Å². The summed E-state index contributed by atoms with van der Waals surface area (Å²) in [5.41, 5.74) is 8.45. The van der Waals surface area contributed by atoms with Crippen molar-refractivity contribution < 1.29 is 14.6 Å². The topological polar surface area (TPSA) is 49.8 Å². The standard InChI is InChI=1S/C29H35NO3/c1-5-6-7-17-30(19-24-13-16-28(22(3)18-24)33-20-29(31)32)27-10-8-9-26(23(27)4)25-14-11-21(2)12-15-25/h8-16,18H,5-7,17,19-20H2,1-4H3,(H,31,32). The van der Waals surface area contributed by atoms with Crippen molar-refractivity contribution in [2.24, 2.45) is 0 Å². The SMILES string of the molecule is CCCCCN(Cc1ccc(OCC(=O)O)c(C)c1)c1cccc(-c2ccc(C)cc2)c1C. The predicted octanol–water partition coefficient (Wildman–Crippen LogP) is 6.94. The lowest BCUT2D eigenvalue weighted by molar-refractivity contribution is -0.139. The van der Waals surface area contributed by atoms with Gasteiger partial charge in [-0.3, -0.25) is 0 Å². The number of unbranched alkanes of at least 4 members (excludes halogenated alkanes) is 2. The fourth-order valence-electron chi connectivity index (χ4n) is 4.18. The maximum atomic E-state index is 10.8. The number of hydrogen-bond donors (Lipinski definition) is 1. The van der Waals surface area contributed by atoms with E-state index in [1.807, 2.05) is 19.1 Å². The molecule has 0 bridgehead atoms. The third kappa shape index (κ3) is 6.61. The number of benzene rings is 3. The molecule has 1 N–H and O–H groups in total.